The lowest BCUT2D eigenvalue weighted by atomic mass is 10.0. The number of rotatable bonds is 16. The molecule has 0 fully saturated rings. The second kappa shape index (κ2) is 21.2. The first-order valence-corrected chi connectivity index (χ1v) is 9.00. The van der Waals surface area contributed by atoms with Gasteiger partial charge in [-0.3, -0.25) is 0 Å². The van der Waals surface area contributed by atoms with Crippen LogP contribution in [0.3, 0.4) is 0 Å². The molecule has 0 aliphatic rings. The topological polar surface area (TPSA) is 59.6 Å². The minimum atomic E-state index is 0. The molecule has 0 atom stereocenters. The minimum Gasteiger partial charge on any atom is -0.854 e. The van der Waals surface area contributed by atoms with Crippen molar-refractivity contribution in [1.82, 2.24) is 6.15 Å². The maximum absolute atomic E-state index is 10.3. The lowest BCUT2D eigenvalue weighted by Crippen LogP contribution is -2.04. The molecule has 0 spiro atoms. The van der Waals surface area contributed by atoms with Crippen molar-refractivity contribution in [2.24, 2.45) is 0 Å². The summed E-state index contributed by atoms with van der Waals surface area (Å²) in [5, 5.41) is 10.3. The molecule has 0 unspecified atom stereocenters. The second-order valence-electron chi connectivity index (χ2n) is 6.01. The van der Waals surface area contributed by atoms with Crippen molar-refractivity contribution < 1.29 is 5.11 Å². The largest absolute Gasteiger partial charge is 0.854 e. The minimum absolute atomic E-state index is 0. The van der Waals surface area contributed by atoms with Crippen LogP contribution in [-0.2, 0) is 0 Å². The first kappa shape index (κ1) is 22.2. The highest BCUT2D eigenvalue weighted by atomic mass is 16.2. The molecule has 0 aromatic heterocycles. The van der Waals surface area contributed by atoms with Crippen LogP contribution in [-0.4, -0.2) is 6.61 Å². The summed E-state index contributed by atoms with van der Waals surface area (Å²) in [6.07, 6.45) is 21.8. The number of unbranched alkanes of at least 4 members (excludes halogenated alkanes) is 15. The van der Waals surface area contributed by atoms with E-state index >= 15 is 0 Å². The third-order valence-corrected chi connectivity index (χ3v) is 4.00. The Bertz CT molecular complexity index is 134. The molecule has 2 nitrogen and oxygen atoms in total. The van der Waals surface area contributed by atoms with E-state index in [1.807, 2.05) is 0 Å². The maximum atomic E-state index is 10.3. The van der Waals surface area contributed by atoms with Crippen LogP contribution in [0.25, 0.3) is 0 Å². The van der Waals surface area contributed by atoms with Crippen LogP contribution in [0, 0.1) is 0 Å². The van der Waals surface area contributed by atoms with Crippen LogP contribution in [0.1, 0.15) is 110 Å². The van der Waals surface area contributed by atoms with E-state index in [0.717, 1.165) is 12.8 Å². The summed E-state index contributed by atoms with van der Waals surface area (Å²) in [6.45, 7) is 2.41. The molecule has 0 rings (SSSR count). The summed E-state index contributed by atoms with van der Waals surface area (Å²) >= 11 is 0. The molecule has 0 saturated carbocycles. The van der Waals surface area contributed by atoms with Crippen molar-refractivity contribution in [2.45, 2.75) is 110 Å². The van der Waals surface area contributed by atoms with Crippen molar-refractivity contribution in [1.29, 1.82) is 0 Å². The van der Waals surface area contributed by atoms with Gasteiger partial charge in [-0.1, -0.05) is 110 Å². The van der Waals surface area contributed by atoms with Gasteiger partial charge in [0.2, 0.25) is 0 Å². The van der Waals surface area contributed by atoms with Crippen LogP contribution in [0.15, 0.2) is 0 Å². The number of quaternary nitrogens is 1. The quantitative estimate of drug-likeness (QED) is 0.348. The van der Waals surface area contributed by atoms with Gasteiger partial charge in [0.1, 0.15) is 0 Å². The Labute approximate surface area is 128 Å². The van der Waals surface area contributed by atoms with E-state index in [0.29, 0.717) is 0 Å². The zero-order valence-corrected chi connectivity index (χ0v) is 14.4. The summed E-state index contributed by atoms with van der Waals surface area (Å²) in [5.41, 5.74) is 0. The molecule has 0 aliphatic heterocycles. The van der Waals surface area contributed by atoms with Crippen molar-refractivity contribution in [2.75, 3.05) is 6.61 Å². The van der Waals surface area contributed by atoms with Gasteiger partial charge in [-0.25, -0.2) is 0 Å². The Morgan fingerprint density at radius 1 is 0.450 bits per heavy atom. The molecule has 0 saturated heterocycles. The third kappa shape index (κ3) is 20.2. The Morgan fingerprint density at radius 3 is 0.950 bits per heavy atom. The SMILES string of the molecule is CCCCCCCCCCCCCCCCCC[O-].[NH4+]. The highest BCUT2D eigenvalue weighted by Gasteiger charge is 1.93. The van der Waals surface area contributed by atoms with E-state index in [9.17, 15) is 5.11 Å². The zero-order chi connectivity index (χ0) is 14.0. The van der Waals surface area contributed by atoms with Crippen LogP contribution in [0.4, 0.5) is 0 Å². The molecule has 0 bridgehead atoms. The molecule has 0 aromatic rings. The Hall–Kier alpha value is -0.0800. The summed E-state index contributed by atoms with van der Waals surface area (Å²) in [7, 11) is 0. The van der Waals surface area contributed by atoms with Crippen LogP contribution in [0.5, 0.6) is 0 Å². The van der Waals surface area contributed by atoms with Crippen molar-refractivity contribution >= 4 is 0 Å². The monoisotopic (exact) mass is 287 g/mol. The predicted octanol–water partition coefficient (Wildman–Crippen LogP) is 5.98. The van der Waals surface area contributed by atoms with E-state index in [1.54, 1.807) is 0 Å². The molecule has 2 heteroatoms. The molecule has 0 aliphatic carbocycles. The first-order valence-electron chi connectivity index (χ1n) is 9.00. The zero-order valence-electron chi connectivity index (χ0n) is 14.4. The highest BCUT2D eigenvalue weighted by molar-refractivity contribution is 4.49. The molecule has 0 amide bonds. The van der Waals surface area contributed by atoms with Crippen LogP contribution in [0.2, 0.25) is 0 Å². The Balaban J connectivity index is 0. The van der Waals surface area contributed by atoms with E-state index in [4.69, 9.17) is 0 Å². The van der Waals surface area contributed by atoms with Gasteiger partial charge >= 0.3 is 0 Å². The predicted molar refractivity (Wildman–Crippen MR) is 90.4 cm³/mol. The standard InChI is InChI=1S/C18H37O.H3N/c1-2-3-4-5-6-7-8-9-10-11-12-13-14-15-16-17-18-19;/h2-18H2,1H3;1H3/q-1;/p+1. The van der Waals surface area contributed by atoms with Crippen LogP contribution >= 0.6 is 0 Å². The van der Waals surface area contributed by atoms with E-state index in [2.05, 4.69) is 6.92 Å². The summed E-state index contributed by atoms with van der Waals surface area (Å²) in [6, 6.07) is 0. The van der Waals surface area contributed by atoms with Gasteiger partial charge in [-0.05, 0) is 0 Å². The highest BCUT2D eigenvalue weighted by Crippen LogP contribution is 2.13. The summed E-state index contributed by atoms with van der Waals surface area (Å²) in [4.78, 5) is 0. The van der Waals surface area contributed by atoms with Crippen molar-refractivity contribution in [3.8, 4) is 0 Å². The lowest BCUT2D eigenvalue weighted by molar-refractivity contribution is -0.368. The van der Waals surface area contributed by atoms with Gasteiger partial charge in [0.15, 0.2) is 0 Å². The Kier molecular flexibility index (Phi) is 23.6. The average Bonchev–Trinajstić information content (AvgIpc) is 2.43. The Morgan fingerprint density at radius 2 is 0.700 bits per heavy atom. The fraction of sp³-hybridized carbons (Fsp3) is 1.00. The molecular weight excluding hydrogens is 246 g/mol. The number of hydrogen-bond donors (Lipinski definition) is 1. The number of hydrogen-bond acceptors (Lipinski definition) is 1. The third-order valence-electron chi connectivity index (χ3n) is 4.00. The first-order chi connectivity index (χ1) is 9.41. The fourth-order valence-electron chi connectivity index (χ4n) is 2.65. The summed E-state index contributed by atoms with van der Waals surface area (Å²) < 4.78 is 0. The second-order valence-corrected chi connectivity index (χ2v) is 6.01. The fourth-order valence-corrected chi connectivity index (χ4v) is 2.65. The van der Waals surface area contributed by atoms with Gasteiger partial charge in [-0.2, -0.15) is 0 Å². The van der Waals surface area contributed by atoms with E-state index in [-0.39, 0.29) is 12.8 Å². The molecular formula is C18H41NO. The average molecular weight is 288 g/mol. The van der Waals surface area contributed by atoms with Crippen molar-refractivity contribution in [3.05, 3.63) is 0 Å². The van der Waals surface area contributed by atoms with Crippen molar-refractivity contribution in [3.63, 3.8) is 0 Å². The summed E-state index contributed by atoms with van der Waals surface area (Å²) in [5.74, 6) is 0. The molecule has 0 radical (unpaired) electrons. The van der Waals surface area contributed by atoms with Gasteiger partial charge < -0.3 is 11.3 Å². The molecule has 124 valence electrons. The molecule has 20 heavy (non-hydrogen) atoms. The van der Waals surface area contributed by atoms with Gasteiger partial charge in [-0.15, -0.1) is 6.61 Å². The smallest absolute Gasteiger partial charge is 0.0533 e. The van der Waals surface area contributed by atoms with Gasteiger partial charge in [0, 0.05) is 0 Å². The van der Waals surface area contributed by atoms with Gasteiger partial charge in [0.25, 0.3) is 0 Å². The lowest BCUT2D eigenvalue weighted by Gasteiger charge is -2.04. The van der Waals surface area contributed by atoms with E-state index in [1.165, 1.54) is 89.9 Å². The van der Waals surface area contributed by atoms with E-state index < -0.39 is 0 Å². The molecule has 4 N–H and O–H groups in total. The molecule has 0 aromatic carbocycles. The molecule has 0 heterocycles. The van der Waals surface area contributed by atoms with Gasteiger partial charge in [0.05, 0.1) is 0 Å². The van der Waals surface area contributed by atoms with Crippen LogP contribution < -0.4 is 11.3 Å². The maximum Gasteiger partial charge on any atom is -0.0533 e. The normalized spacial score (nSPS) is 10.5.